The Kier molecular flexibility index (Phi) is 7.26. The van der Waals surface area contributed by atoms with Crippen molar-refractivity contribution in [3.8, 4) is 0 Å². The maximum atomic E-state index is 13.1. The average molecular weight is 476 g/mol. The van der Waals surface area contributed by atoms with Crippen molar-refractivity contribution in [2.45, 2.75) is 14.4 Å². The highest BCUT2D eigenvalue weighted by molar-refractivity contribution is 7.12. The van der Waals surface area contributed by atoms with Crippen LogP contribution in [-0.4, -0.2) is 54.1 Å². The van der Waals surface area contributed by atoms with Crippen LogP contribution in [0.2, 0.25) is 5.02 Å². The number of halogens is 1. The summed E-state index contributed by atoms with van der Waals surface area (Å²) in [6, 6.07) is 8.92. The molecule has 1 fully saturated rings. The van der Waals surface area contributed by atoms with Crippen LogP contribution in [0.4, 0.5) is 5.69 Å². The highest BCUT2D eigenvalue weighted by atomic mass is 35.5. The highest BCUT2D eigenvalue weighted by Crippen LogP contribution is 2.32. The first-order valence-electron chi connectivity index (χ1n) is 9.99. The van der Waals surface area contributed by atoms with Gasteiger partial charge in [-0.15, -0.1) is 11.3 Å². The molecule has 0 unspecified atom stereocenters. The molecule has 0 atom stereocenters. The van der Waals surface area contributed by atoms with Crippen LogP contribution < -0.4 is 10.5 Å². The summed E-state index contributed by atoms with van der Waals surface area (Å²) < 4.78 is 6.65. The minimum Gasteiger partial charge on any atom is -0.462 e. The van der Waals surface area contributed by atoms with Crippen LogP contribution >= 0.6 is 22.9 Å². The highest BCUT2D eigenvalue weighted by Gasteiger charge is 2.30. The van der Waals surface area contributed by atoms with Gasteiger partial charge in [-0.2, -0.15) is 0 Å². The summed E-state index contributed by atoms with van der Waals surface area (Å²) in [7, 11) is 1.63. The van der Waals surface area contributed by atoms with Gasteiger partial charge in [0.2, 0.25) is 0 Å². The largest absolute Gasteiger partial charge is 0.462 e. The van der Waals surface area contributed by atoms with Gasteiger partial charge in [-0.25, -0.2) is 4.79 Å². The molecule has 4 rings (SSSR count). The maximum Gasteiger partial charge on any atom is 0.345 e. The predicted molar refractivity (Wildman–Crippen MR) is 129 cm³/mol. The number of ether oxygens (including phenoxy) is 1. The topological polar surface area (TPSA) is 71.8 Å². The quantitative estimate of drug-likeness (QED) is 0.533. The third kappa shape index (κ3) is 4.25. The van der Waals surface area contributed by atoms with Gasteiger partial charge in [-0.05, 0) is 36.6 Å². The smallest absolute Gasteiger partial charge is 0.345 e. The van der Waals surface area contributed by atoms with E-state index in [9.17, 15) is 14.4 Å². The third-order valence-corrected chi connectivity index (χ3v) is 6.52. The van der Waals surface area contributed by atoms with Crippen LogP contribution in [0.1, 0.15) is 34.4 Å². The van der Waals surface area contributed by atoms with E-state index in [0.29, 0.717) is 52.7 Å². The maximum absolute atomic E-state index is 13.1. The van der Waals surface area contributed by atoms with E-state index >= 15 is 0 Å². The fourth-order valence-electron chi connectivity index (χ4n) is 3.91. The Hall–Kier alpha value is -2.84. The van der Waals surface area contributed by atoms with E-state index in [0.717, 1.165) is 0 Å². The minimum absolute atomic E-state index is 0. The standard InChI is InChI=1S/C22H22ClN3O4S.CH4/c1-3-30-22(29)18-19(15-13-14(23)6-7-16(15)24(2)21(18)28)25-8-10-26(11-9-25)20(27)17-5-4-12-31-17;/h4-7,12-13H,3,8-11H2,1-2H3;1H4. The van der Waals surface area contributed by atoms with Crippen molar-refractivity contribution in [2.24, 2.45) is 7.05 Å². The molecule has 2 aromatic heterocycles. The summed E-state index contributed by atoms with van der Waals surface area (Å²) in [5.41, 5.74) is 0.773. The number of piperazine rings is 1. The van der Waals surface area contributed by atoms with Gasteiger partial charge < -0.3 is 19.1 Å². The van der Waals surface area contributed by atoms with Crippen LogP contribution in [0.25, 0.3) is 10.9 Å². The Labute approximate surface area is 195 Å². The summed E-state index contributed by atoms with van der Waals surface area (Å²) in [4.78, 5) is 43.1. The van der Waals surface area contributed by atoms with Crippen LogP contribution in [0.15, 0.2) is 40.5 Å². The number of hydrogen-bond acceptors (Lipinski definition) is 6. The molecular weight excluding hydrogens is 450 g/mol. The lowest BCUT2D eigenvalue weighted by Gasteiger charge is -2.37. The summed E-state index contributed by atoms with van der Waals surface area (Å²) in [6.45, 7) is 3.80. The second-order valence-corrected chi connectivity index (χ2v) is 8.61. The van der Waals surface area contributed by atoms with Crippen molar-refractivity contribution in [3.63, 3.8) is 0 Å². The number of pyridine rings is 1. The molecule has 9 heteroatoms. The number of amides is 1. The number of carbonyl (C=O) groups is 2. The number of thiophene rings is 1. The Balaban J connectivity index is 0.00000289. The van der Waals surface area contributed by atoms with Gasteiger partial charge in [-0.1, -0.05) is 25.1 Å². The number of benzene rings is 1. The average Bonchev–Trinajstić information content (AvgIpc) is 3.30. The zero-order chi connectivity index (χ0) is 22.1. The molecule has 1 aliphatic heterocycles. The molecule has 1 saturated heterocycles. The van der Waals surface area contributed by atoms with E-state index in [-0.39, 0.29) is 25.5 Å². The molecule has 1 amide bonds. The van der Waals surface area contributed by atoms with Crippen molar-refractivity contribution in [3.05, 3.63) is 61.5 Å². The lowest BCUT2D eigenvalue weighted by atomic mass is 10.1. The number of aromatic nitrogens is 1. The van der Waals surface area contributed by atoms with Crippen LogP contribution in [0.3, 0.4) is 0 Å². The minimum atomic E-state index is -0.655. The first-order valence-corrected chi connectivity index (χ1v) is 11.2. The molecule has 7 nitrogen and oxygen atoms in total. The van der Waals surface area contributed by atoms with Gasteiger partial charge in [0.25, 0.3) is 11.5 Å². The molecular formula is C23H26ClN3O4S. The second kappa shape index (κ2) is 9.75. The summed E-state index contributed by atoms with van der Waals surface area (Å²) in [5, 5.41) is 3.09. The Bertz CT molecular complexity index is 1200. The van der Waals surface area contributed by atoms with Gasteiger partial charge in [-0.3, -0.25) is 9.59 Å². The number of esters is 1. The summed E-state index contributed by atoms with van der Waals surface area (Å²) >= 11 is 7.68. The number of aryl methyl sites for hydroxylation is 1. The van der Waals surface area contributed by atoms with Gasteiger partial charge in [0, 0.05) is 43.6 Å². The summed E-state index contributed by atoms with van der Waals surface area (Å²) in [5.74, 6) is -0.658. The lowest BCUT2D eigenvalue weighted by molar-refractivity contribution is 0.0523. The predicted octanol–water partition coefficient (Wildman–Crippen LogP) is 4.03. The number of rotatable bonds is 4. The summed E-state index contributed by atoms with van der Waals surface area (Å²) in [6.07, 6.45) is 0. The van der Waals surface area contributed by atoms with Crippen molar-refractivity contribution in [1.29, 1.82) is 0 Å². The van der Waals surface area contributed by atoms with Crippen molar-refractivity contribution < 1.29 is 14.3 Å². The second-order valence-electron chi connectivity index (χ2n) is 7.23. The van der Waals surface area contributed by atoms with Gasteiger partial charge in [0.05, 0.1) is 22.7 Å². The Morgan fingerprint density at radius 1 is 1.16 bits per heavy atom. The van der Waals surface area contributed by atoms with E-state index in [1.165, 1.54) is 15.9 Å². The molecule has 3 heterocycles. The normalized spacial score (nSPS) is 13.7. The van der Waals surface area contributed by atoms with Crippen LogP contribution in [0.5, 0.6) is 0 Å². The van der Waals surface area contributed by atoms with E-state index in [4.69, 9.17) is 16.3 Å². The fourth-order valence-corrected chi connectivity index (χ4v) is 4.77. The zero-order valence-corrected chi connectivity index (χ0v) is 18.8. The van der Waals surface area contributed by atoms with Crippen molar-refractivity contribution in [2.75, 3.05) is 37.7 Å². The molecule has 1 aromatic carbocycles. The first kappa shape index (κ1) is 23.8. The van der Waals surface area contributed by atoms with Crippen LogP contribution in [-0.2, 0) is 11.8 Å². The molecule has 0 spiro atoms. The number of nitrogens with zero attached hydrogens (tertiary/aromatic N) is 3. The number of fused-ring (bicyclic) bond motifs is 1. The molecule has 32 heavy (non-hydrogen) atoms. The molecule has 3 aromatic rings. The monoisotopic (exact) mass is 475 g/mol. The van der Waals surface area contributed by atoms with E-state index in [1.54, 1.807) is 37.1 Å². The molecule has 170 valence electrons. The molecule has 0 radical (unpaired) electrons. The number of carbonyl (C=O) groups excluding carboxylic acids is 2. The number of anilines is 1. The molecule has 0 aliphatic carbocycles. The van der Waals surface area contributed by atoms with E-state index < -0.39 is 11.5 Å². The van der Waals surface area contributed by atoms with Crippen molar-refractivity contribution in [1.82, 2.24) is 9.47 Å². The van der Waals surface area contributed by atoms with Crippen LogP contribution in [0, 0.1) is 0 Å². The number of hydrogen-bond donors (Lipinski definition) is 0. The Morgan fingerprint density at radius 2 is 1.88 bits per heavy atom. The van der Waals surface area contributed by atoms with Gasteiger partial charge in [0.15, 0.2) is 0 Å². The van der Waals surface area contributed by atoms with E-state index in [2.05, 4.69) is 0 Å². The molecule has 0 bridgehead atoms. The van der Waals surface area contributed by atoms with Gasteiger partial charge in [0.1, 0.15) is 5.56 Å². The molecule has 0 N–H and O–H groups in total. The lowest BCUT2D eigenvalue weighted by Crippen LogP contribution is -2.49. The third-order valence-electron chi connectivity index (χ3n) is 5.43. The van der Waals surface area contributed by atoms with Crippen molar-refractivity contribution >= 4 is 51.4 Å². The van der Waals surface area contributed by atoms with Gasteiger partial charge >= 0.3 is 5.97 Å². The SMILES string of the molecule is C.CCOC(=O)c1c(N2CCN(C(=O)c3cccs3)CC2)c2cc(Cl)ccc2n(C)c1=O. The molecule has 1 aliphatic rings. The van der Waals surface area contributed by atoms with E-state index in [1.807, 2.05) is 22.4 Å². The first-order chi connectivity index (χ1) is 14.9. The fraction of sp³-hybridized carbons (Fsp3) is 0.348. The zero-order valence-electron chi connectivity index (χ0n) is 17.3. The Morgan fingerprint density at radius 3 is 2.50 bits per heavy atom. The molecule has 0 saturated carbocycles.